The number of Topliss-reactive ketones (excluding diaryl/α,β-unsaturated/α-hetero) is 1. The van der Waals surface area contributed by atoms with Crippen molar-refractivity contribution >= 4 is 56.4 Å². The van der Waals surface area contributed by atoms with Gasteiger partial charge >= 0.3 is 6.16 Å². The first-order valence-corrected chi connectivity index (χ1v) is 23.4. The molecule has 0 saturated carbocycles. The van der Waals surface area contributed by atoms with E-state index < -0.39 is 66.4 Å². The minimum absolute atomic E-state index is 0.0260. The fraction of sp³-hybridized carbons (Fsp3) is 0.306. The maximum atomic E-state index is 14.4. The summed E-state index contributed by atoms with van der Waals surface area (Å²) in [6.07, 6.45) is 0.913. The highest BCUT2D eigenvalue weighted by Crippen LogP contribution is 2.48. The Morgan fingerprint density at radius 3 is 2.17 bits per heavy atom. The van der Waals surface area contributed by atoms with E-state index in [0.29, 0.717) is 0 Å². The number of carbonyl (C=O) groups is 3. The number of ketones is 1. The summed E-state index contributed by atoms with van der Waals surface area (Å²) in [5.74, 6) is -2.73. The quantitative estimate of drug-likeness (QED) is 0.0166. The van der Waals surface area contributed by atoms with E-state index in [1.165, 1.54) is 32.2 Å². The van der Waals surface area contributed by atoms with Gasteiger partial charge < -0.3 is 39.0 Å². The van der Waals surface area contributed by atoms with Crippen LogP contribution in [0.3, 0.4) is 0 Å². The Hall–Kier alpha value is -7.91. The normalized spacial score (nSPS) is 17.6. The smallest absolute Gasteiger partial charge is 0.514 e. The number of likely N-dealkylation sites (N-methyl/N-ethyl adjacent to an activating group) is 1. The van der Waals surface area contributed by atoms with E-state index in [1.807, 2.05) is 99.8 Å². The van der Waals surface area contributed by atoms with Crippen molar-refractivity contribution < 1.29 is 60.7 Å². The van der Waals surface area contributed by atoms with Crippen molar-refractivity contribution in [2.75, 3.05) is 45.0 Å². The maximum Gasteiger partial charge on any atom is 0.514 e. The van der Waals surface area contributed by atoms with Gasteiger partial charge in [0.15, 0.2) is 23.0 Å². The molecule has 0 bridgehead atoms. The first-order chi connectivity index (χ1) is 32.9. The molecule has 2 atom stereocenters. The molecule has 2 unspecified atom stereocenters. The third kappa shape index (κ3) is 9.83. The third-order valence-electron chi connectivity index (χ3n) is 12.6. The van der Waals surface area contributed by atoms with Crippen LogP contribution in [0.4, 0.5) is 27.5 Å². The molecule has 70 heavy (non-hydrogen) atoms. The fourth-order valence-electron chi connectivity index (χ4n) is 8.98. The minimum atomic E-state index is -5.06. The number of ether oxygens (including phenoxy) is 4. The zero-order valence-electron chi connectivity index (χ0n) is 39.4. The number of anilines is 1. The molecule has 0 saturated heterocycles. The molecule has 4 aromatic rings. The van der Waals surface area contributed by atoms with Gasteiger partial charge in [-0.1, -0.05) is 50.2 Å². The Bertz CT molecular complexity index is 3080. The number of allylic oxidation sites excluding steroid dienone is 5. The molecule has 0 fully saturated rings. The van der Waals surface area contributed by atoms with Gasteiger partial charge in [0.2, 0.25) is 11.6 Å². The molecule has 2 N–H and O–H groups in total. The van der Waals surface area contributed by atoms with Gasteiger partial charge in [0.1, 0.15) is 31.5 Å². The monoisotopic (exact) mass is 978 g/mol. The summed E-state index contributed by atoms with van der Waals surface area (Å²) in [4.78, 5) is 64.6. The summed E-state index contributed by atoms with van der Waals surface area (Å²) in [7, 11) is -0.0519. The summed E-state index contributed by atoms with van der Waals surface area (Å²) in [6.45, 7) is 8.78. The zero-order valence-corrected chi connectivity index (χ0v) is 40.2. The molecule has 7 rings (SSSR count). The summed E-state index contributed by atoms with van der Waals surface area (Å²) >= 11 is 0. The van der Waals surface area contributed by atoms with Crippen LogP contribution >= 0.6 is 0 Å². The lowest BCUT2D eigenvalue weighted by molar-refractivity contribution is -0.401. The highest BCUT2D eigenvalue weighted by Gasteiger charge is 2.46. The molecule has 4 aromatic carbocycles. The number of para-hydroxylation sites is 2. The topological polar surface area (TPSA) is 262 Å². The van der Waals surface area contributed by atoms with Gasteiger partial charge in [0.25, 0.3) is 11.4 Å². The first-order valence-electron chi connectivity index (χ1n) is 21.8. The first kappa shape index (κ1) is 50.0. The number of nitro benzene ring substituents is 2. The molecular weight excluding hydrogens is 929 g/mol. The van der Waals surface area contributed by atoms with Crippen LogP contribution < -0.4 is 29.7 Å². The van der Waals surface area contributed by atoms with E-state index in [0.717, 1.165) is 52.1 Å². The Labute approximate surface area is 402 Å². The van der Waals surface area contributed by atoms with E-state index in [2.05, 4.69) is 10.6 Å². The van der Waals surface area contributed by atoms with Crippen LogP contribution in [0.5, 0.6) is 17.2 Å². The zero-order chi connectivity index (χ0) is 51.0. The highest BCUT2D eigenvalue weighted by molar-refractivity contribution is 7.85. The lowest BCUT2D eigenvalue weighted by Gasteiger charge is -2.32. The van der Waals surface area contributed by atoms with Gasteiger partial charge in [-0.15, -0.1) is 0 Å². The molecule has 2 heterocycles. The number of hydrogen-bond donors (Lipinski definition) is 2. The van der Waals surface area contributed by atoms with Gasteiger partial charge in [-0.05, 0) is 56.7 Å². The van der Waals surface area contributed by atoms with Gasteiger partial charge in [0.05, 0.1) is 67.7 Å². The molecule has 0 spiro atoms. The number of hydrogen-bond acceptors (Lipinski definition) is 16. The van der Waals surface area contributed by atoms with Crippen molar-refractivity contribution in [2.45, 2.75) is 57.6 Å². The highest BCUT2D eigenvalue weighted by atomic mass is 32.2. The molecule has 21 heteroatoms. The summed E-state index contributed by atoms with van der Waals surface area (Å²) in [5, 5.41) is 28.7. The number of benzene rings is 4. The number of nitrogens with zero attached hydrogens (tertiary/aromatic N) is 4. The van der Waals surface area contributed by atoms with Crippen molar-refractivity contribution in [3.63, 3.8) is 0 Å². The molecule has 1 amide bonds. The predicted molar refractivity (Wildman–Crippen MR) is 255 cm³/mol. The second-order valence-corrected chi connectivity index (χ2v) is 19.2. The number of nitro groups is 2. The van der Waals surface area contributed by atoms with Crippen LogP contribution in [0.25, 0.3) is 0 Å². The van der Waals surface area contributed by atoms with E-state index >= 15 is 0 Å². The average Bonchev–Trinajstić information content (AvgIpc) is 3.62. The standard InChI is InChI=1S/C49H50N6O14S/c1-28(68-47(58)69-30-19-17-29(18-20-30)54(59)60)31-23-40(66-8)41(26-39(31)55(61)62)67-22-21-50-46(57)36(27-70(63,64)65)51-44-32(24-42-48(2,3)34-13-9-11-15-37(34)52(42)6)45(56)33(44)25-43-49(4,5)35-14-10-12-16-38(35)53(43)7/h9-20,23-26,28,36H,21-22,27H2,1-8H3,(H2-,50,51,56,57,63,64,65). The number of methoxy groups -OCH3 is 1. The minimum Gasteiger partial charge on any atom is -0.748 e. The van der Waals surface area contributed by atoms with Crippen molar-refractivity contribution in [2.24, 2.45) is 0 Å². The molecule has 1 aliphatic carbocycles. The van der Waals surface area contributed by atoms with Crippen LogP contribution in [0.15, 0.2) is 120 Å². The molecule has 3 aliphatic rings. The van der Waals surface area contributed by atoms with Gasteiger partial charge in [-0.3, -0.25) is 29.8 Å². The van der Waals surface area contributed by atoms with Crippen LogP contribution in [0.1, 0.15) is 57.4 Å². The van der Waals surface area contributed by atoms with Gasteiger partial charge in [-0.25, -0.2) is 13.2 Å². The van der Waals surface area contributed by atoms with Gasteiger partial charge in [-0.2, -0.15) is 4.58 Å². The van der Waals surface area contributed by atoms with E-state index in [9.17, 15) is 47.6 Å². The van der Waals surface area contributed by atoms with Crippen LogP contribution in [-0.4, -0.2) is 97.1 Å². The lowest BCUT2D eigenvalue weighted by atomic mass is 9.77. The summed E-state index contributed by atoms with van der Waals surface area (Å²) < 4.78 is 60.7. The fourth-order valence-corrected chi connectivity index (χ4v) is 9.62. The van der Waals surface area contributed by atoms with E-state index in [4.69, 9.17) is 18.9 Å². The third-order valence-corrected chi connectivity index (χ3v) is 13.3. The molecule has 366 valence electrons. The molecule has 20 nitrogen and oxygen atoms in total. The Kier molecular flexibility index (Phi) is 13.7. The number of amides is 1. The number of non-ortho nitro benzene ring substituents is 1. The van der Waals surface area contributed by atoms with Crippen LogP contribution in [0, 0.1) is 20.2 Å². The van der Waals surface area contributed by atoms with Crippen LogP contribution in [0.2, 0.25) is 0 Å². The molecule has 0 radical (unpaired) electrons. The SMILES string of the molecule is COc1cc(C(C)OC(=O)Oc2ccc([N+](=O)[O-])cc2)c([N+](=O)[O-])cc1OCCNC(=O)C(CS(=O)(=O)[O-])NC1=C(C=C2N(C)c3ccccc3C2(C)C)C(=O)C1=CC1=[N+](C)c2ccccc2C1(C)C. The average molecular weight is 979 g/mol. The number of rotatable bonds is 17. The van der Waals surface area contributed by atoms with Crippen molar-refractivity contribution in [1.29, 1.82) is 0 Å². The van der Waals surface area contributed by atoms with Crippen LogP contribution in [-0.2, 0) is 35.3 Å². The molecular formula is C49H50N6O14S. The lowest BCUT2D eigenvalue weighted by Crippen LogP contribution is -2.51. The second-order valence-electron chi connectivity index (χ2n) is 17.7. The predicted octanol–water partition coefficient (Wildman–Crippen LogP) is 6.57. The molecule has 2 aliphatic heterocycles. The Balaban J connectivity index is 1.12. The summed E-state index contributed by atoms with van der Waals surface area (Å²) in [6, 6.07) is 20.7. The van der Waals surface area contributed by atoms with Crippen molar-refractivity contribution in [3.05, 3.63) is 157 Å². The molecule has 0 aromatic heterocycles. The van der Waals surface area contributed by atoms with Crippen molar-refractivity contribution in [1.82, 2.24) is 10.6 Å². The largest absolute Gasteiger partial charge is 0.748 e. The number of nitrogens with one attached hydrogen (secondary N) is 2. The summed E-state index contributed by atoms with van der Waals surface area (Å²) in [5.41, 5.74) is 3.93. The van der Waals surface area contributed by atoms with E-state index in [1.54, 1.807) is 12.2 Å². The maximum absolute atomic E-state index is 14.4. The second kappa shape index (κ2) is 19.2. The Morgan fingerprint density at radius 1 is 0.900 bits per heavy atom. The van der Waals surface area contributed by atoms with E-state index in [-0.39, 0.29) is 64.3 Å². The number of carbonyl (C=O) groups excluding carboxylic acids is 3. The van der Waals surface area contributed by atoms with Crippen molar-refractivity contribution in [3.8, 4) is 17.2 Å². The number of fused-ring (bicyclic) bond motifs is 2. The Morgan fingerprint density at radius 2 is 1.56 bits per heavy atom. The van der Waals surface area contributed by atoms with Gasteiger partial charge in [0, 0.05) is 59.3 Å².